The van der Waals surface area contributed by atoms with Gasteiger partial charge < -0.3 is 10.4 Å². The maximum absolute atomic E-state index is 11.1. The summed E-state index contributed by atoms with van der Waals surface area (Å²) >= 11 is 0. The van der Waals surface area contributed by atoms with Crippen molar-refractivity contribution in [2.45, 2.75) is 26.8 Å². The Labute approximate surface area is 105 Å². The van der Waals surface area contributed by atoms with Gasteiger partial charge in [-0.3, -0.25) is 10.1 Å². The van der Waals surface area contributed by atoms with E-state index in [1.165, 1.54) is 6.07 Å². The number of hydrogen-bond acceptors (Lipinski definition) is 4. The molecule has 0 aliphatic carbocycles. The number of anilines is 1. The first-order chi connectivity index (χ1) is 8.32. The van der Waals surface area contributed by atoms with E-state index < -0.39 is 16.9 Å². The van der Waals surface area contributed by atoms with E-state index in [0.717, 1.165) is 5.56 Å². The minimum absolute atomic E-state index is 0.118. The lowest BCUT2D eigenvalue weighted by atomic mass is 10.0. The van der Waals surface area contributed by atoms with Crippen molar-refractivity contribution in [3.8, 4) is 0 Å². The number of aliphatic carboxylic acids is 1. The van der Waals surface area contributed by atoms with Crippen LogP contribution in [0.15, 0.2) is 18.2 Å². The second-order valence-electron chi connectivity index (χ2n) is 4.48. The number of carboxylic acid groups (broad SMARTS) is 1. The normalized spacial score (nSPS) is 12.2. The molecule has 0 bridgehead atoms. The number of nitrogens with one attached hydrogen (secondary N) is 1. The molecular weight excluding hydrogens is 236 g/mol. The largest absolute Gasteiger partial charge is 0.480 e. The minimum atomic E-state index is -1.03. The monoisotopic (exact) mass is 252 g/mol. The van der Waals surface area contributed by atoms with Crippen molar-refractivity contribution in [1.82, 2.24) is 0 Å². The molecule has 0 heterocycles. The zero-order valence-electron chi connectivity index (χ0n) is 10.5. The van der Waals surface area contributed by atoms with Crippen LogP contribution in [0.3, 0.4) is 0 Å². The van der Waals surface area contributed by atoms with Gasteiger partial charge in [0.15, 0.2) is 0 Å². The number of rotatable bonds is 5. The Morgan fingerprint density at radius 3 is 2.50 bits per heavy atom. The van der Waals surface area contributed by atoms with Crippen molar-refractivity contribution in [2.24, 2.45) is 5.92 Å². The lowest BCUT2D eigenvalue weighted by Gasteiger charge is -2.19. The third kappa shape index (κ3) is 3.19. The highest BCUT2D eigenvalue weighted by Crippen LogP contribution is 2.26. The van der Waals surface area contributed by atoms with Crippen molar-refractivity contribution in [1.29, 1.82) is 0 Å². The fourth-order valence-electron chi connectivity index (χ4n) is 1.61. The van der Waals surface area contributed by atoms with Crippen LogP contribution in [0.1, 0.15) is 19.4 Å². The molecule has 1 aromatic rings. The first kappa shape index (κ1) is 14.0. The highest BCUT2D eigenvalue weighted by molar-refractivity contribution is 5.79. The summed E-state index contributed by atoms with van der Waals surface area (Å²) in [6.45, 7) is 5.28. The van der Waals surface area contributed by atoms with Gasteiger partial charge in [-0.2, -0.15) is 0 Å². The highest BCUT2D eigenvalue weighted by Gasteiger charge is 2.24. The van der Waals surface area contributed by atoms with E-state index in [2.05, 4.69) is 5.32 Å². The fraction of sp³-hybridized carbons (Fsp3) is 0.417. The standard InChI is InChI=1S/C12H16N2O4/c1-7(2)11(12(15)16)13-9-6-8(3)4-5-10(9)14(17)18/h4-7,11,13H,1-3H3,(H,15,16). The van der Waals surface area contributed by atoms with E-state index >= 15 is 0 Å². The zero-order valence-corrected chi connectivity index (χ0v) is 10.5. The molecule has 0 aliphatic rings. The number of hydrogen-bond donors (Lipinski definition) is 2. The van der Waals surface area contributed by atoms with Crippen molar-refractivity contribution in [2.75, 3.05) is 5.32 Å². The lowest BCUT2D eigenvalue weighted by molar-refractivity contribution is -0.384. The Kier molecular flexibility index (Phi) is 4.25. The molecule has 0 saturated carbocycles. The molecule has 18 heavy (non-hydrogen) atoms. The van der Waals surface area contributed by atoms with E-state index in [4.69, 9.17) is 5.11 Å². The van der Waals surface area contributed by atoms with Gasteiger partial charge in [-0.1, -0.05) is 19.9 Å². The average Bonchev–Trinajstić information content (AvgIpc) is 2.24. The molecule has 0 aliphatic heterocycles. The summed E-state index contributed by atoms with van der Waals surface area (Å²) in [5.74, 6) is -1.21. The molecule has 0 aromatic heterocycles. The van der Waals surface area contributed by atoms with Gasteiger partial charge in [0, 0.05) is 6.07 Å². The van der Waals surface area contributed by atoms with Gasteiger partial charge in [-0.05, 0) is 24.5 Å². The maximum atomic E-state index is 11.1. The summed E-state index contributed by atoms with van der Waals surface area (Å²) in [5.41, 5.74) is 0.949. The molecule has 1 atom stereocenters. The summed E-state index contributed by atoms with van der Waals surface area (Å²) in [5, 5.41) is 22.7. The number of carboxylic acids is 1. The summed E-state index contributed by atoms with van der Waals surface area (Å²) in [6, 6.07) is 3.72. The molecule has 6 heteroatoms. The second kappa shape index (κ2) is 5.48. The van der Waals surface area contributed by atoms with E-state index in [1.807, 2.05) is 0 Å². The van der Waals surface area contributed by atoms with Crippen LogP contribution in [0.2, 0.25) is 0 Å². The number of benzene rings is 1. The molecule has 1 rings (SSSR count). The van der Waals surface area contributed by atoms with Crippen LogP contribution in [0.5, 0.6) is 0 Å². The van der Waals surface area contributed by atoms with Gasteiger partial charge in [0.25, 0.3) is 5.69 Å². The van der Waals surface area contributed by atoms with Gasteiger partial charge in [-0.25, -0.2) is 4.79 Å². The van der Waals surface area contributed by atoms with E-state index in [1.54, 1.807) is 32.9 Å². The Morgan fingerprint density at radius 2 is 2.06 bits per heavy atom. The minimum Gasteiger partial charge on any atom is -0.480 e. The van der Waals surface area contributed by atoms with Crippen molar-refractivity contribution >= 4 is 17.3 Å². The molecule has 1 aromatic carbocycles. The van der Waals surface area contributed by atoms with Crippen molar-refractivity contribution in [3.63, 3.8) is 0 Å². The number of nitrogens with zero attached hydrogens (tertiary/aromatic N) is 1. The molecule has 0 saturated heterocycles. The third-order valence-electron chi connectivity index (χ3n) is 2.59. The van der Waals surface area contributed by atoms with Gasteiger partial charge in [0.1, 0.15) is 11.7 Å². The smallest absolute Gasteiger partial charge is 0.326 e. The fourth-order valence-corrected chi connectivity index (χ4v) is 1.61. The topological polar surface area (TPSA) is 92.5 Å². The molecule has 0 radical (unpaired) electrons. The molecule has 1 unspecified atom stereocenters. The summed E-state index contributed by atoms with van der Waals surface area (Å²) in [4.78, 5) is 21.4. The van der Waals surface area contributed by atoms with Crippen LogP contribution in [-0.4, -0.2) is 22.0 Å². The number of aryl methyl sites for hydroxylation is 1. The van der Waals surface area contributed by atoms with E-state index in [9.17, 15) is 14.9 Å². The Balaban J connectivity index is 3.12. The molecular formula is C12H16N2O4. The molecule has 98 valence electrons. The van der Waals surface area contributed by atoms with Gasteiger partial charge in [-0.15, -0.1) is 0 Å². The molecule has 2 N–H and O–H groups in total. The second-order valence-corrected chi connectivity index (χ2v) is 4.48. The van der Waals surface area contributed by atoms with Gasteiger partial charge >= 0.3 is 5.97 Å². The van der Waals surface area contributed by atoms with Crippen LogP contribution in [0.4, 0.5) is 11.4 Å². The Bertz CT molecular complexity index is 471. The van der Waals surface area contributed by atoms with Gasteiger partial charge in [0.05, 0.1) is 4.92 Å². The first-order valence-corrected chi connectivity index (χ1v) is 5.57. The van der Waals surface area contributed by atoms with Crippen LogP contribution in [0, 0.1) is 23.0 Å². The summed E-state index contributed by atoms with van der Waals surface area (Å²) < 4.78 is 0. The Morgan fingerprint density at radius 1 is 1.44 bits per heavy atom. The zero-order chi connectivity index (χ0) is 13.9. The van der Waals surface area contributed by atoms with Crippen molar-refractivity contribution < 1.29 is 14.8 Å². The van der Waals surface area contributed by atoms with Gasteiger partial charge in [0.2, 0.25) is 0 Å². The van der Waals surface area contributed by atoms with E-state index in [-0.39, 0.29) is 17.3 Å². The summed E-state index contributed by atoms with van der Waals surface area (Å²) in [7, 11) is 0. The molecule has 0 spiro atoms. The third-order valence-corrected chi connectivity index (χ3v) is 2.59. The number of nitro groups is 1. The molecule has 6 nitrogen and oxygen atoms in total. The Hall–Kier alpha value is -2.11. The lowest BCUT2D eigenvalue weighted by Crippen LogP contribution is -2.34. The average molecular weight is 252 g/mol. The van der Waals surface area contributed by atoms with Crippen LogP contribution < -0.4 is 5.32 Å². The van der Waals surface area contributed by atoms with Crippen LogP contribution in [0.25, 0.3) is 0 Å². The molecule has 0 amide bonds. The van der Waals surface area contributed by atoms with E-state index in [0.29, 0.717) is 0 Å². The SMILES string of the molecule is Cc1ccc([N+](=O)[O-])c(NC(C(=O)O)C(C)C)c1. The molecule has 0 fully saturated rings. The number of carbonyl (C=O) groups is 1. The quantitative estimate of drug-likeness (QED) is 0.620. The summed E-state index contributed by atoms with van der Waals surface area (Å²) in [6.07, 6.45) is 0. The first-order valence-electron chi connectivity index (χ1n) is 5.57. The predicted octanol–water partition coefficient (Wildman–Crippen LogP) is 2.42. The van der Waals surface area contributed by atoms with Crippen LogP contribution in [-0.2, 0) is 4.79 Å². The number of nitro benzene ring substituents is 1. The van der Waals surface area contributed by atoms with Crippen LogP contribution >= 0.6 is 0 Å². The predicted molar refractivity (Wildman–Crippen MR) is 67.7 cm³/mol. The van der Waals surface area contributed by atoms with Crippen molar-refractivity contribution in [3.05, 3.63) is 33.9 Å². The maximum Gasteiger partial charge on any atom is 0.326 e. The highest BCUT2D eigenvalue weighted by atomic mass is 16.6.